The fraction of sp³-hybridized carbons (Fsp3) is 0.176. The molecule has 0 bridgehead atoms. The largest absolute Gasteiger partial charge is 0.365 e. The quantitative estimate of drug-likeness (QED) is 0.729. The van der Waals surface area contributed by atoms with Crippen LogP contribution in [0.25, 0.3) is 0 Å². The molecule has 0 spiro atoms. The van der Waals surface area contributed by atoms with Crippen LogP contribution in [0, 0.1) is 6.92 Å². The van der Waals surface area contributed by atoms with Crippen molar-refractivity contribution in [2.75, 3.05) is 10.6 Å². The van der Waals surface area contributed by atoms with Crippen LogP contribution in [0.5, 0.6) is 0 Å². The fourth-order valence-corrected chi connectivity index (χ4v) is 2.14. The number of nitrogens with zero attached hydrogens (tertiary/aromatic N) is 4. The molecule has 0 aliphatic heterocycles. The molecule has 0 unspecified atom stereocenters. The van der Waals surface area contributed by atoms with E-state index in [1.165, 1.54) is 11.1 Å². The minimum absolute atomic E-state index is 0.507. The number of aryl methyl sites for hydroxylation is 1. The molecule has 116 valence electrons. The van der Waals surface area contributed by atoms with Crippen molar-refractivity contribution < 1.29 is 0 Å². The van der Waals surface area contributed by atoms with Crippen molar-refractivity contribution in [1.82, 2.24) is 20.2 Å². The molecule has 2 heterocycles. The van der Waals surface area contributed by atoms with Crippen LogP contribution in [-0.2, 0) is 13.1 Å². The van der Waals surface area contributed by atoms with Gasteiger partial charge in [-0.1, -0.05) is 24.3 Å². The van der Waals surface area contributed by atoms with Crippen LogP contribution in [0.4, 0.5) is 11.8 Å². The molecule has 0 saturated heterocycles. The number of anilines is 2. The molecule has 0 aliphatic carbocycles. The lowest BCUT2D eigenvalue weighted by molar-refractivity contribution is 0.935. The standard InChI is InChI=1S/C17H18N6/c1-13-4-2-3-5-15(13)11-20-17-22-16(12-21-23-17)19-10-14-6-8-18-9-7-14/h2-9,12H,10-11H2,1H3,(H2,19,20,22,23). The molecule has 0 aliphatic rings. The van der Waals surface area contributed by atoms with Gasteiger partial charge in [0.1, 0.15) is 0 Å². The van der Waals surface area contributed by atoms with Gasteiger partial charge < -0.3 is 10.6 Å². The summed E-state index contributed by atoms with van der Waals surface area (Å²) in [7, 11) is 0. The first-order valence-electron chi connectivity index (χ1n) is 7.42. The van der Waals surface area contributed by atoms with Crippen LogP contribution in [0.15, 0.2) is 55.0 Å². The van der Waals surface area contributed by atoms with Crippen LogP contribution in [0.1, 0.15) is 16.7 Å². The lowest BCUT2D eigenvalue weighted by Crippen LogP contribution is -2.08. The number of pyridine rings is 1. The van der Waals surface area contributed by atoms with E-state index >= 15 is 0 Å². The number of aromatic nitrogens is 4. The van der Waals surface area contributed by atoms with Gasteiger partial charge in [0.15, 0.2) is 5.82 Å². The van der Waals surface area contributed by atoms with E-state index in [1.807, 2.05) is 24.3 Å². The zero-order valence-corrected chi connectivity index (χ0v) is 12.9. The smallest absolute Gasteiger partial charge is 0.244 e. The van der Waals surface area contributed by atoms with E-state index in [9.17, 15) is 0 Å². The van der Waals surface area contributed by atoms with Crippen molar-refractivity contribution >= 4 is 11.8 Å². The van der Waals surface area contributed by atoms with E-state index in [-0.39, 0.29) is 0 Å². The van der Waals surface area contributed by atoms with E-state index in [1.54, 1.807) is 18.6 Å². The summed E-state index contributed by atoms with van der Waals surface area (Å²) < 4.78 is 0. The van der Waals surface area contributed by atoms with Gasteiger partial charge >= 0.3 is 0 Å². The summed E-state index contributed by atoms with van der Waals surface area (Å²) >= 11 is 0. The van der Waals surface area contributed by atoms with E-state index in [2.05, 4.69) is 49.9 Å². The first-order chi connectivity index (χ1) is 11.3. The SMILES string of the molecule is Cc1ccccc1CNc1nncc(NCc2ccncc2)n1. The number of nitrogens with one attached hydrogen (secondary N) is 2. The maximum Gasteiger partial charge on any atom is 0.244 e. The monoisotopic (exact) mass is 306 g/mol. The van der Waals surface area contributed by atoms with Crippen molar-refractivity contribution in [1.29, 1.82) is 0 Å². The van der Waals surface area contributed by atoms with E-state index in [4.69, 9.17) is 0 Å². The van der Waals surface area contributed by atoms with Gasteiger partial charge in [0.2, 0.25) is 5.95 Å². The van der Waals surface area contributed by atoms with Gasteiger partial charge in [0.25, 0.3) is 0 Å². The lowest BCUT2D eigenvalue weighted by Gasteiger charge is -2.09. The molecule has 2 aromatic heterocycles. The third-order valence-corrected chi connectivity index (χ3v) is 3.48. The zero-order valence-electron chi connectivity index (χ0n) is 12.9. The summed E-state index contributed by atoms with van der Waals surface area (Å²) in [4.78, 5) is 8.42. The first-order valence-corrected chi connectivity index (χ1v) is 7.42. The minimum Gasteiger partial charge on any atom is -0.365 e. The van der Waals surface area contributed by atoms with Crippen molar-refractivity contribution in [2.45, 2.75) is 20.0 Å². The molecule has 1 aromatic carbocycles. The van der Waals surface area contributed by atoms with Crippen molar-refractivity contribution in [2.24, 2.45) is 0 Å². The molecular weight excluding hydrogens is 288 g/mol. The van der Waals surface area contributed by atoms with Gasteiger partial charge in [-0.3, -0.25) is 4.98 Å². The number of benzene rings is 1. The van der Waals surface area contributed by atoms with Crippen LogP contribution < -0.4 is 10.6 Å². The fourth-order valence-electron chi connectivity index (χ4n) is 2.14. The predicted octanol–water partition coefficient (Wildman–Crippen LogP) is 2.80. The van der Waals surface area contributed by atoms with Gasteiger partial charge in [0.05, 0.1) is 6.20 Å². The van der Waals surface area contributed by atoms with E-state index < -0.39 is 0 Å². The molecule has 2 N–H and O–H groups in total. The molecule has 3 rings (SSSR count). The lowest BCUT2D eigenvalue weighted by atomic mass is 10.1. The number of rotatable bonds is 6. The third kappa shape index (κ3) is 4.23. The molecule has 6 nitrogen and oxygen atoms in total. The topological polar surface area (TPSA) is 75.6 Å². The highest BCUT2D eigenvalue weighted by Crippen LogP contribution is 2.10. The molecule has 0 saturated carbocycles. The highest BCUT2D eigenvalue weighted by molar-refractivity contribution is 5.39. The van der Waals surface area contributed by atoms with Crippen LogP contribution in [-0.4, -0.2) is 20.2 Å². The summed E-state index contributed by atoms with van der Waals surface area (Å²) in [5.41, 5.74) is 3.58. The van der Waals surface area contributed by atoms with Gasteiger partial charge in [-0.05, 0) is 35.7 Å². The van der Waals surface area contributed by atoms with E-state index in [0.29, 0.717) is 24.9 Å². The number of hydrogen-bond acceptors (Lipinski definition) is 6. The summed E-state index contributed by atoms with van der Waals surface area (Å²) in [6.07, 6.45) is 5.15. The van der Waals surface area contributed by atoms with Gasteiger partial charge in [-0.25, -0.2) is 0 Å². The van der Waals surface area contributed by atoms with Crippen LogP contribution in [0.2, 0.25) is 0 Å². The van der Waals surface area contributed by atoms with Gasteiger partial charge in [-0.15, -0.1) is 5.10 Å². The molecule has 3 aromatic rings. The molecular formula is C17H18N6. The molecule has 0 radical (unpaired) electrons. The van der Waals surface area contributed by atoms with Gasteiger partial charge in [-0.2, -0.15) is 10.1 Å². The highest BCUT2D eigenvalue weighted by atomic mass is 15.3. The van der Waals surface area contributed by atoms with Crippen molar-refractivity contribution in [3.63, 3.8) is 0 Å². The zero-order chi connectivity index (χ0) is 15.9. The Labute approximate surface area is 135 Å². The normalized spacial score (nSPS) is 10.3. The van der Waals surface area contributed by atoms with E-state index in [0.717, 1.165) is 5.56 Å². The predicted molar refractivity (Wildman–Crippen MR) is 89.9 cm³/mol. The molecule has 23 heavy (non-hydrogen) atoms. The molecule has 0 amide bonds. The summed E-state index contributed by atoms with van der Waals surface area (Å²) in [5.74, 6) is 1.19. The second kappa shape index (κ2) is 7.31. The highest BCUT2D eigenvalue weighted by Gasteiger charge is 2.02. The Morgan fingerprint density at radius 1 is 0.957 bits per heavy atom. The first kappa shape index (κ1) is 14.9. The molecule has 0 atom stereocenters. The maximum atomic E-state index is 4.42. The second-order valence-corrected chi connectivity index (χ2v) is 5.15. The van der Waals surface area contributed by atoms with Gasteiger partial charge in [0, 0.05) is 25.5 Å². The second-order valence-electron chi connectivity index (χ2n) is 5.15. The summed E-state index contributed by atoms with van der Waals surface area (Å²) in [6, 6.07) is 12.1. The Kier molecular flexibility index (Phi) is 4.73. The number of hydrogen-bond donors (Lipinski definition) is 2. The Balaban J connectivity index is 1.60. The van der Waals surface area contributed by atoms with Crippen molar-refractivity contribution in [3.05, 3.63) is 71.7 Å². The molecule has 0 fully saturated rings. The minimum atomic E-state index is 0.507. The Bertz CT molecular complexity index is 760. The Morgan fingerprint density at radius 2 is 1.78 bits per heavy atom. The average molecular weight is 306 g/mol. The third-order valence-electron chi connectivity index (χ3n) is 3.48. The molecule has 6 heteroatoms. The summed E-state index contributed by atoms with van der Waals surface area (Å²) in [6.45, 7) is 3.42. The summed E-state index contributed by atoms with van der Waals surface area (Å²) in [5, 5.41) is 14.4. The van der Waals surface area contributed by atoms with Crippen molar-refractivity contribution in [3.8, 4) is 0 Å². The van der Waals surface area contributed by atoms with Crippen LogP contribution in [0.3, 0.4) is 0 Å². The van der Waals surface area contributed by atoms with Crippen LogP contribution >= 0.6 is 0 Å². The average Bonchev–Trinajstić information content (AvgIpc) is 2.61. The maximum absolute atomic E-state index is 4.42. The Morgan fingerprint density at radius 3 is 2.61 bits per heavy atom. The Hall–Kier alpha value is -3.02.